The standard InChI is InChI=1S/C25H28FN3O5S2.Na/c1-25(2,3)11-10-17-19-9-7-16(26)13-29(19)24(31)21(22(17)30)23-27-18-8-6-15(14-35(4,5)32)12-20(18)36(33,34)28-23;/h6-9,12-13,31H,4,10-11,14H2,1-3,5H3,(H,27,28);/q;+1/p-1. The molecule has 1 aliphatic rings. The Hall–Kier alpha value is -2.18. The Morgan fingerprint density at radius 3 is 2.51 bits per heavy atom. The molecule has 1 N–H and O–H groups in total. The molecule has 1 atom stereocenters. The Morgan fingerprint density at radius 2 is 1.89 bits per heavy atom. The first-order chi connectivity index (χ1) is 16.6. The van der Waals surface area contributed by atoms with Gasteiger partial charge in [0.25, 0.3) is 10.0 Å². The molecular formula is C25H27FN3NaO5S2. The smallest absolute Gasteiger partial charge is 0.859 e. The number of rotatable bonds is 5. The summed E-state index contributed by atoms with van der Waals surface area (Å²) in [5.74, 6) is 1.69. The van der Waals surface area contributed by atoms with E-state index >= 15 is 0 Å². The third-order valence-electron chi connectivity index (χ3n) is 5.78. The van der Waals surface area contributed by atoms with E-state index in [0.717, 1.165) is 10.6 Å². The van der Waals surface area contributed by atoms with E-state index in [9.17, 15) is 26.9 Å². The third kappa shape index (κ3) is 6.28. The monoisotopic (exact) mass is 555 g/mol. The summed E-state index contributed by atoms with van der Waals surface area (Å²) in [6.45, 7) is 6.02. The molecule has 37 heavy (non-hydrogen) atoms. The molecule has 4 rings (SSSR count). The zero-order valence-electron chi connectivity index (χ0n) is 21.4. The molecule has 1 aliphatic heterocycles. The maximum absolute atomic E-state index is 14.1. The molecule has 3 heterocycles. The number of aromatic nitrogens is 1. The molecule has 2 aromatic heterocycles. The molecule has 0 bridgehead atoms. The van der Waals surface area contributed by atoms with Crippen LogP contribution in [0.3, 0.4) is 0 Å². The average molecular weight is 556 g/mol. The van der Waals surface area contributed by atoms with Gasteiger partial charge in [0, 0.05) is 23.8 Å². The van der Waals surface area contributed by atoms with E-state index in [2.05, 4.69) is 15.6 Å². The van der Waals surface area contributed by atoms with E-state index in [1.807, 2.05) is 20.8 Å². The van der Waals surface area contributed by atoms with Crippen LogP contribution in [0, 0.1) is 11.2 Å². The zero-order valence-corrected chi connectivity index (χ0v) is 25.1. The van der Waals surface area contributed by atoms with Crippen molar-refractivity contribution in [1.82, 2.24) is 4.40 Å². The summed E-state index contributed by atoms with van der Waals surface area (Å²) in [7, 11) is -6.73. The average Bonchev–Trinajstić information content (AvgIpc) is 2.72. The second-order valence-electron chi connectivity index (χ2n) is 10.3. The number of nitrogens with one attached hydrogen (secondary N) is 1. The quantitative estimate of drug-likeness (QED) is 0.347. The van der Waals surface area contributed by atoms with Crippen molar-refractivity contribution < 1.29 is 51.7 Å². The Morgan fingerprint density at radius 1 is 1.22 bits per heavy atom. The molecule has 12 heteroatoms. The van der Waals surface area contributed by atoms with Crippen LogP contribution in [0.2, 0.25) is 0 Å². The van der Waals surface area contributed by atoms with Gasteiger partial charge in [-0.25, -0.2) is 4.39 Å². The minimum Gasteiger partial charge on any atom is -0.859 e. The molecule has 0 spiro atoms. The van der Waals surface area contributed by atoms with Gasteiger partial charge < -0.3 is 14.8 Å². The molecular weight excluding hydrogens is 528 g/mol. The van der Waals surface area contributed by atoms with Crippen LogP contribution in [-0.4, -0.2) is 35.0 Å². The summed E-state index contributed by atoms with van der Waals surface area (Å²) in [5.41, 5.74) is -0.105. The van der Waals surface area contributed by atoms with Crippen molar-refractivity contribution in [3.63, 3.8) is 0 Å². The minimum absolute atomic E-state index is 0. The molecule has 0 fully saturated rings. The van der Waals surface area contributed by atoms with Crippen LogP contribution < -0.4 is 45.4 Å². The number of halogens is 1. The number of sulfonamides is 1. The van der Waals surface area contributed by atoms with Gasteiger partial charge in [-0.15, -0.1) is 4.40 Å². The predicted molar refractivity (Wildman–Crippen MR) is 140 cm³/mol. The Balaban J connectivity index is 0.00000380. The van der Waals surface area contributed by atoms with E-state index in [1.165, 1.54) is 30.5 Å². The van der Waals surface area contributed by atoms with Crippen LogP contribution >= 0.6 is 0 Å². The van der Waals surface area contributed by atoms with Crippen molar-refractivity contribution in [3.05, 3.63) is 69.3 Å². The second-order valence-corrected chi connectivity index (χ2v) is 14.6. The Bertz CT molecular complexity index is 1710. The van der Waals surface area contributed by atoms with Gasteiger partial charge in [0.1, 0.15) is 10.7 Å². The molecule has 1 aromatic carbocycles. The fraction of sp³-hybridized carbons (Fsp3) is 0.320. The molecule has 8 nitrogen and oxygen atoms in total. The Labute approximate surface area is 238 Å². The minimum atomic E-state index is -4.31. The number of pyridine rings is 2. The van der Waals surface area contributed by atoms with Gasteiger partial charge in [0.2, 0.25) is 0 Å². The molecule has 0 aliphatic carbocycles. The molecule has 0 saturated heterocycles. The fourth-order valence-electron chi connectivity index (χ4n) is 4.08. The predicted octanol–water partition coefficient (Wildman–Crippen LogP) is -0.0979. The van der Waals surface area contributed by atoms with Crippen molar-refractivity contribution in [2.75, 3.05) is 11.6 Å². The first-order valence-corrected chi connectivity index (χ1v) is 14.9. The molecule has 3 aromatic rings. The first-order valence-electron chi connectivity index (χ1n) is 11.1. The summed E-state index contributed by atoms with van der Waals surface area (Å²) in [6.07, 6.45) is 3.34. The van der Waals surface area contributed by atoms with Crippen LogP contribution in [0.25, 0.3) is 5.52 Å². The molecule has 192 valence electrons. The summed E-state index contributed by atoms with van der Waals surface area (Å²) < 4.78 is 57.1. The van der Waals surface area contributed by atoms with Crippen molar-refractivity contribution in [3.8, 4) is 5.88 Å². The van der Waals surface area contributed by atoms with Gasteiger partial charge >= 0.3 is 29.6 Å². The van der Waals surface area contributed by atoms with E-state index in [1.54, 1.807) is 6.07 Å². The van der Waals surface area contributed by atoms with Crippen molar-refractivity contribution >= 4 is 42.5 Å². The van der Waals surface area contributed by atoms with Gasteiger partial charge in [-0.2, -0.15) is 8.42 Å². The number of aryl methyl sites for hydroxylation is 1. The maximum atomic E-state index is 14.1. The molecule has 0 radical (unpaired) electrons. The van der Waals surface area contributed by atoms with Gasteiger partial charge in [-0.05, 0) is 69.4 Å². The Kier molecular flexibility index (Phi) is 8.08. The van der Waals surface area contributed by atoms with E-state index in [0.29, 0.717) is 18.4 Å². The van der Waals surface area contributed by atoms with Crippen molar-refractivity contribution in [2.24, 2.45) is 9.81 Å². The molecule has 0 saturated carbocycles. The number of hydrogen-bond acceptors (Lipinski definition) is 6. The van der Waals surface area contributed by atoms with Crippen LogP contribution in [0.5, 0.6) is 5.88 Å². The van der Waals surface area contributed by atoms with Crippen molar-refractivity contribution in [1.29, 1.82) is 0 Å². The molecule has 1 unspecified atom stereocenters. The zero-order chi connectivity index (χ0) is 26.6. The van der Waals surface area contributed by atoms with E-state index in [-0.39, 0.29) is 62.4 Å². The number of fused-ring (bicyclic) bond motifs is 2. The van der Waals surface area contributed by atoms with Crippen molar-refractivity contribution in [2.45, 2.75) is 44.3 Å². The van der Waals surface area contributed by atoms with Gasteiger partial charge in [0.15, 0.2) is 11.3 Å². The number of benzene rings is 1. The van der Waals surface area contributed by atoms with Crippen LogP contribution in [0.4, 0.5) is 10.1 Å². The number of nitrogens with zero attached hydrogens (tertiary/aromatic N) is 2. The maximum Gasteiger partial charge on any atom is 1.00 e. The fourth-order valence-corrected chi connectivity index (χ4v) is 6.14. The number of amidine groups is 1. The largest absolute Gasteiger partial charge is 1.00 e. The molecule has 0 amide bonds. The number of hydrogen-bond donors (Lipinski definition) is 1. The second kappa shape index (κ2) is 10.2. The van der Waals surface area contributed by atoms with Gasteiger partial charge in [-0.3, -0.25) is 9.00 Å². The number of anilines is 1. The topological polar surface area (TPSA) is 120 Å². The normalized spacial score (nSPS) is 16.2. The van der Waals surface area contributed by atoms with Gasteiger partial charge in [-0.1, -0.05) is 26.8 Å². The van der Waals surface area contributed by atoms with E-state index < -0.39 is 48.1 Å². The van der Waals surface area contributed by atoms with Crippen LogP contribution in [0.1, 0.15) is 43.9 Å². The third-order valence-corrected chi connectivity index (χ3v) is 8.04. The van der Waals surface area contributed by atoms with Gasteiger partial charge in [0.05, 0.1) is 16.8 Å². The SMILES string of the molecule is C=S(C)(=O)Cc1ccc2c(c1)S(=O)(=O)N=C(c1c([O-])n3cc(F)ccc3c(CCC(C)(C)C)c1=O)N2.[Na+]. The first kappa shape index (κ1) is 29.4. The van der Waals surface area contributed by atoms with Crippen LogP contribution in [0.15, 0.2) is 50.6 Å². The summed E-state index contributed by atoms with van der Waals surface area (Å²) in [4.78, 5) is 13.4. The summed E-state index contributed by atoms with van der Waals surface area (Å²) >= 11 is 0. The van der Waals surface area contributed by atoms with E-state index in [4.69, 9.17) is 0 Å². The summed E-state index contributed by atoms with van der Waals surface area (Å²) in [6, 6.07) is 6.95. The summed E-state index contributed by atoms with van der Waals surface area (Å²) in [5, 5.41) is 16.1. The van der Waals surface area contributed by atoms with Crippen LogP contribution in [-0.2, 0) is 31.7 Å².